The van der Waals surface area contributed by atoms with E-state index in [4.69, 9.17) is 21.6 Å². The maximum Gasteiger partial charge on any atom is 0.243 e. The molecule has 186 valence electrons. The average molecular weight is 522 g/mol. The van der Waals surface area contributed by atoms with Gasteiger partial charge in [0.25, 0.3) is 0 Å². The van der Waals surface area contributed by atoms with Crippen molar-refractivity contribution in [3.05, 3.63) is 89.2 Å². The Balaban J connectivity index is 1.36. The molecule has 1 aliphatic heterocycles. The van der Waals surface area contributed by atoms with E-state index < -0.39 is 10.0 Å². The minimum Gasteiger partial charge on any atom is -0.340 e. The fraction of sp³-hybridized carbons (Fsp3) is 0.259. The highest BCUT2D eigenvalue weighted by Crippen LogP contribution is 2.29. The van der Waals surface area contributed by atoms with Crippen LogP contribution in [0.4, 0.5) is 11.5 Å². The summed E-state index contributed by atoms with van der Waals surface area (Å²) in [6, 6.07) is 22.4. The summed E-state index contributed by atoms with van der Waals surface area (Å²) in [6.45, 7) is 6.11. The highest BCUT2D eigenvalue weighted by Gasteiger charge is 2.31. The first-order valence-corrected chi connectivity index (χ1v) is 13.7. The van der Waals surface area contributed by atoms with Crippen molar-refractivity contribution in [3.63, 3.8) is 0 Å². The van der Waals surface area contributed by atoms with Crippen molar-refractivity contribution in [1.29, 1.82) is 0 Å². The molecule has 4 aromatic rings. The van der Waals surface area contributed by atoms with E-state index in [0.717, 1.165) is 22.4 Å². The molecule has 1 aliphatic rings. The maximum absolute atomic E-state index is 13.1. The van der Waals surface area contributed by atoms with Crippen LogP contribution >= 0.6 is 11.6 Å². The lowest BCUT2D eigenvalue weighted by Gasteiger charge is -2.36. The fourth-order valence-corrected chi connectivity index (χ4v) is 6.03. The number of nitrogens with one attached hydrogen (secondary N) is 1. The molecule has 0 radical (unpaired) electrons. The van der Waals surface area contributed by atoms with Gasteiger partial charge in [0.1, 0.15) is 11.6 Å². The molecule has 36 heavy (non-hydrogen) atoms. The predicted molar refractivity (Wildman–Crippen MR) is 144 cm³/mol. The van der Waals surface area contributed by atoms with Gasteiger partial charge in [0.15, 0.2) is 0 Å². The predicted octanol–water partition coefficient (Wildman–Crippen LogP) is 5.40. The average Bonchev–Trinajstić information content (AvgIpc) is 2.88. The van der Waals surface area contributed by atoms with Crippen LogP contribution in [0.3, 0.4) is 0 Å². The van der Waals surface area contributed by atoms with Crippen molar-refractivity contribution in [2.24, 2.45) is 0 Å². The number of piperazine rings is 1. The highest BCUT2D eigenvalue weighted by molar-refractivity contribution is 7.89. The number of benzene rings is 3. The molecule has 0 saturated carbocycles. The quantitative estimate of drug-likeness (QED) is 0.366. The van der Waals surface area contributed by atoms with Gasteiger partial charge in [0.2, 0.25) is 10.0 Å². The van der Waals surface area contributed by atoms with E-state index >= 15 is 0 Å². The fourth-order valence-electron chi connectivity index (χ4n) is 4.49. The Morgan fingerprint density at radius 3 is 2.36 bits per heavy atom. The Kier molecular flexibility index (Phi) is 6.94. The standard InChI is InChI=1S/C27H28ClN5O2S/c1-19-6-5-7-22(18-19)29-27-24-8-3-4-9-25(24)30-26(31-27)20(2)32-14-16-33(17-15-32)36(34,35)23-12-10-21(28)11-13-23/h3-13,18,20H,14-17H2,1-2H3,(H,29,30,31). The van der Waals surface area contributed by atoms with E-state index in [-0.39, 0.29) is 10.9 Å². The molecule has 3 aromatic carbocycles. The topological polar surface area (TPSA) is 78.4 Å². The van der Waals surface area contributed by atoms with Crippen LogP contribution in [0.15, 0.2) is 77.7 Å². The van der Waals surface area contributed by atoms with E-state index in [9.17, 15) is 8.42 Å². The lowest BCUT2D eigenvalue weighted by atomic mass is 10.1. The summed E-state index contributed by atoms with van der Waals surface area (Å²) in [5.41, 5.74) is 3.00. The number of nitrogens with zero attached hydrogens (tertiary/aromatic N) is 4. The molecule has 0 bridgehead atoms. The van der Waals surface area contributed by atoms with Gasteiger partial charge in [0.05, 0.1) is 16.5 Å². The number of aromatic nitrogens is 2. The zero-order valence-electron chi connectivity index (χ0n) is 20.2. The molecular formula is C27H28ClN5O2S. The van der Waals surface area contributed by atoms with Gasteiger partial charge in [0, 0.05) is 42.3 Å². The van der Waals surface area contributed by atoms with Crippen LogP contribution in [0.1, 0.15) is 24.4 Å². The molecule has 1 unspecified atom stereocenters. The van der Waals surface area contributed by atoms with Crippen molar-refractivity contribution < 1.29 is 8.42 Å². The Bertz CT molecular complexity index is 1490. The largest absolute Gasteiger partial charge is 0.340 e. The molecule has 9 heteroatoms. The van der Waals surface area contributed by atoms with E-state index in [2.05, 4.69) is 36.2 Å². The first-order valence-electron chi connectivity index (χ1n) is 11.9. The van der Waals surface area contributed by atoms with Crippen LogP contribution in [0, 0.1) is 6.92 Å². The lowest BCUT2D eigenvalue weighted by molar-refractivity contribution is 0.141. The van der Waals surface area contributed by atoms with Gasteiger partial charge in [-0.2, -0.15) is 4.31 Å². The van der Waals surface area contributed by atoms with Crippen LogP contribution in [0.5, 0.6) is 0 Å². The van der Waals surface area contributed by atoms with Gasteiger partial charge < -0.3 is 5.32 Å². The molecule has 1 atom stereocenters. The van der Waals surface area contributed by atoms with E-state index in [1.54, 1.807) is 24.3 Å². The van der Waals surface area contributed by atoms with Crippen molar-refractivity contribution in [2.75, 3.05) is 31.5 Å². The molecule has 1 saturated heterocycles. The van der Waals surface area contributed by atoms with Crippen LogP contribution in [-0.2, 0) is 10.0 Å². The SMILES string of the molecule is Cc1cccc(Nc2nc(C(C)N3CCN(S(=O)(=O)c4ccc(Cl)cc4)CC3)nc3ccccc23)c1. The summed E-state index contributed by atoms with van der Waals surface area (Å²) in [6.07, 6.45) is 0. The summed E-state index contributed by atoms with van der Waals surface area (Å²) in [5.74, 6) is 1.47. The smallest absolute Gasteiger partial charge is 0.243 e. The van der Waals surface area contributed by atoms with Gasteiger partial charge in [-0.15, -0.1) is 0 Å². The third-order valence-electron chi connectivity index (χ3n) is 6.55. The van der Waals surface area contributed by atoms with Crippen molar-refractivity contribution in [1.82, 2.24) is 19.2 Å². The second-order valence-electron chi connectivity index (χ2n) is 9.01. The van der Waals surface area contributed by atoms with Crippen LogP contribution < -0.4 is 5.32 Å². The zero-order valence-corrected chi connectivity index (χ0v) is 21.8. The molecule has 7 nitrogen and oxygen atoms in total. The summed E-state index contributed by atoms with van der Waals surface area (Å²) < 4.78 is 27.7. The Hall–Kier alpha value is -3.04. The Morgan fingerprint density at radius 1 is 0.917 bits per heavy atom. The molecule has 0 aliphatic carbocycles. The van der Waals surface area contributed by atoms with E-state index in [1.165, 1.54) is 9.87 Å². The molecule has 1 N–H and O–H groups in total. The normalized spacial score (nSPS) is 16.2. The minimum atomic E-state index is -3.56. The summed E-state index contributed by atoms with van der Waals surface area (Å²) in [4.78, 5) is 12.3. The Labute approximate surface area is 216 Å². The number of aryl methyl sites for hydroxylation is 1. The molecule has 0 spiro atoms. The second-order valence-corrected chi connectivity index (χ2v) is 11.4. The third-order valence-corrected chi connectivity index (χ3v) is 8.71. The van der Waals surface area contributed by atoms with Gasteiger partial charge in [-0.05, 0) is 67.9 Å². The number of hydrogen-bond donors (Lipinski definition) is 1. The van der Waals surface area contributed by atoms with Crippen LogP contribution in [-0.4, -0.2) is 53.8 Å². The molecular weight excluding hydrogens is 494 g/mol. The number of para-hydroxylation sites is 1. The number of rotatable bonds is 6. The summed E-state index contributed by atoms with van der Waals surface area (Å²) >= 11 is 5.93. The first kappa shape index (κ1) is 24.6. The van der Waals surface area contributed by atoms with Crippen LogP contribution in [0.25, 0.3) is 10.9 Å². The van der Waals surface area contributed by atoms with Gasteiger partial charge in [-0.25, -0.2) is 18.4 Å². The number of hydrogen-bond acceptors (Lipinski definition) is 6. The van der Waals surface area contributed by atoms with E-state index in [1.807, 2.05) is 36.4 Å². The van der Waals surface area contributed by atoms with Gasteiger partial charge in [-0.3, -0.25) is 4.90 Å². The maximum atomic E-state index is 13.1. The number of sulfonamides is 1. The number of anilines is 2. The molecule has 1 fully saturated rings. The van der Waals surface area contributed by atoms with Crippen LogP contribution in [0.2, 0.25) is 5.02 Å². The Morgan fingerprint density at radius 2 is 1.64 bits per heavy atom. The zero-order chi connectivity index (χ0) is 25.3. The van der Waals surface area contributed by atoms with Crippen molar-refractivity contribution in [3.8, 4) is 0 Å². The van der Waals surface area contributed by atoms with E-state index in [0.29, 0.717) is 37.0 Å². The summed E-state index contributed by atoms with van der Waals surface area (Å²) in [7, 11) is -3.56. The molecule has 2 heterocycles. The first-order chi connectivity index (χ1) is 17.3. The highest BCUT2D eigenvalue weighted by atomic mass is 35.5. The van der Waals surface area contributed by atoms with Gasteiger partial charge in [-0.1, -0.05) is 35.9 Å². The molecule has 0 amide bonds. The molecule has 1 aromatic heterocycles. The van der Waals surface area contributed by atoms with Gasteiger partial charge >= 0.3 is 0 Å². The molecule has 5 rings (SSSR count). The second kappa shape index (κ2) is 10.1. The number of fused-ring (bicyclic) bond motifs is 1. The lowest BCUT2D eigenvalue weighted by Crippen LogP contribution is -2.49. The minimum absolute atomic E-state index is 0.0759. The summed E-state index contributed by atoms with van der Waals surface area (Å²) in [5, 5.41) is 4.93. The third kappa shape index (κ3) is 5.08. The van der Waals surface area contributed by atoms with Crippen molar-refractivity contribution >= 4 is 44.0 Å². The van der Waals surface area contributed by atoms with Crippen molar-refractivity contribution in [2.45, 2.75) is 24.8 Å². The monoisotopic (exact) mass is 521 g/mol. The number of halogens is 1.